The summed E-state index contributed by atoms with van der Waals surface area (Å²) in [5.74, 6) is -0.471. The molecule has 0 saturated carbocycles. The highest BCUT2D eigenvalue weighted by Crippen LogP contribution is 2.24. The maximum absolute atomic E-state index is 13.6. The summed E-state index contributed by atoms with van der Waals surface area (Å²) in [5, 5.41) is 3.29. The number of nitrogens with one attached hydrogen (secondary N) is 1. The molecule has 1 amide bonds. The summed E-state index contributed by atoms with van der Waals surface area (Å²) < 4.78 is 13.6. The molecule has 4 nitrogen and oxygen atoms in total. The van der Waals surface area contributed by atoms with Gasteiger partial charge in [-0.3, -0.25) is 9.78 Å². The lowest BCUT2D eigenvalue weighted by Crippen LogP contribution is -2.46. The predicted octanol–water partition coefficient (Wildman–Crippen LogP) is 2.62. The molecule has 0 unspecified atom stereocenters. The van der Waals surface area contributed by atoms with E-state index in [1.165, 1.54) is 12.1 Å². The monoisotopic (exact) mass is 299 g/mol. The third kappa shape index (κ3) is 3.14. The minimum atomic E-state index is -0.338. The molecular weight excluding hydrogens is 281 g/mol. The van der Waals surface area contributed by atoms with Gasteiger partial charge in [0.25, 0.3) is 5.91 Å². The number of carbonyl (C=O) groups is 1. The second kappa shape index (κ2) is 6.66. The maximum Gasteiger partial charge on any atom is 0.260 e. The van der Waals surface area contributed by atoms with Crippen LogP contribution in [0.5, 0.6) is 0 Å². The normalized spacial score (nSPS) is 15.5. The number of amides is 1. The summed E-state index contributed by atoms with van der Waals surface area (Å²) >= 11 is 0. The van der Waals surface area contributed by atoms with Gasteiger partial charge in [-0.2, -0.15) is 0 Å². The molecule has 0 bridgehead atoms. The summed E-state index contributed by atoms with van der Waals surface area (Å²) in [6, 6.07) is 9.75. The Morgan fingerprint density at radius 1 is 1.23 bits per heavy atom. The summed E-state index contributed by atoms with van der Waals surface area (Å²) in [7, 11) is 0. The second-order valence-electron chi connectivity index (χ2n) is 5.38. The first-order chi connectivity index (χ1) is 10.8. The Morgan fingerprint density at radius 3 is 2.73 bits per heavy atom. The van der Waals surface area contributed by atoms with Crippen LogP contribution in [0.3, 0.4) is 0 Å². The minimum Gasteiger partial charge on any atom is -0.317 e. The van der Waals surface area contributed by atoms with Gasteiger partial charge in [0, 0.05) is 24.1 Å². The Morgan fingerprint density at radius 2 is 2.05 bits per heavy atom. The number of pyridine rings is 1. The smallest absolute Gasteiger partial charge is 0.260 e. The molecule has 1 saturated heterocycles. The zero-order valence-corrected chi connectivity index (χ0v) is 12.2. The summed E-state index contributed by atoms with van der Waals surface area (Å²) in [5.41, 5.74) is 1.12. The molecule has 114 valence electrons. The van der Waals surface area contributed by atoms with Gasteiger partial charge >= 0.3 is 0 Å². The van der Waals surface area contributed by atoms with Crippen molar-refractivity contribution >= 4 is 11.6 Å². The number of rotatable bonds is 3. The van der Waals surface area contributed by atoms with Crippen LogP contribution in [0.15, 0.2) is 48.8 Å². The molecule has 5 heteroatoms. The van der Waals surface area contributed by atoms with Crippen LogP contribution in [0.1, 0.15) is 23.2 Å². The van der Waals surface area contributed by atoms with Crippen LogP contribution in [0.4, 0.5) is 10.1 Å². The van der Waals surface area contributed by atoms with Crippen LogP contribution < -0.4 is 10.2 Å². The molecule has 3 rings (SSSR count). The number of anilines is 1. The van der Waals surface area contributed by atoms with E-state index in [0.717, 1.165) is 25.9 Å². The number of carbonyl (C=O) groups excluding carboxylic acids is 1. The van der Waals surface area contributed by atoms with Crippen molar-refractivity contribution in [2.24, 2.45) is 0 Å². The first-order valence-electron chi connectivity index (χ1n) is 7.45. The van der Waals surface area contributed by atoms with E-state index in [9.17, 15) is 9.18 Å². The lowest BCUT2D eigenvalue weighted by atomic mass is 10.0. The third-order valence-electron chi connectivity index (χ3n) is 3.89. The largest absolute Gasteiger partial charge is 0.317 e. The van der Waals surface area contributed by atoms with Gasteiger partial charge in [0.15, 0.2) is 0 Å². The maximum atomic E-state index is 13.6. The fourth-order valence-corrected chi connectivity index (χ4v) is 2.81. The Labute approximate surface area is 129 Å². The van der Waals surface area contributed by atoms with E-state index < -0.39 is 0 Å². The molecule has 1 aromatic carbocycles. The molecule has 22 heavy (non-hydrogen) atoms. The van der Waals surface area contributed by atoms with Crippen molar-refractivity contribution in [2.45, 2.75) is 18.9 Å². The lowest BCUT2D eigenvalue weighted by molar-refractivity contribution is 0.0971. The number of halogens is 1. The topological polar surface area (TPSA) is 45.2 Å². The highest BCUT2D eigenvalue weighted by molar-refractivity contribution is 6.06. The van der Waals surface area contributed by atoms with Gasteiger partial charge in [0.05, 0.1) is 5.56 Å². The van der Waals surface area contributed by atoms with E-state index in [4.69, 9.17) is 0 Å². The van der Waals surface area contributed by atoms with Crippen molar-refractivity contribution in [3.63, 3.8) is 0 Å². The Kier molecular flexibility index (Phi) is 4.44. The van der Waals surface area contributed by atoms with Gasteiger partial charge in [-0.15, -0.1) is 0 Å². The van der Waals surface area contributed by atoms with Crippen molar-refractivity contribution < 1.29 is 9.18 Å². The number of piperidine rings is 1. The van der Waals surface area contributed by atoms with Crippen LogP contribution in [0.25, 0.3) is 0 Å². The number of hydrogen-bond acceptors (Lipinski definition) is 3. The Hall–Kier alpha value is -2.27. The zero-order valence-electron chi connectivity index (χ0n) is 12.2. The first-order valence-corrected chi connectivity index (χ1v) is 7.45. The van der Waals surface area contributed by atoms with Gasteiger partial charge in [-0.1, -0.05) is 6.07 Å². The van der Waals surface area contributed by atoms with Crippen LogP contribution in [-0.2, 0) is 0 Å². The van der Waals surface area contributed by atoms with Crippen molar-refractivity contribution in [1.29, 1.82) is 0 Å². The summed E-state index contributed by atoms with van der Waals surface area (Å²) in [6.45, 7) is 1.72. The highest BCUT2D eigenvalue weighted by Gasteiger charge is 2.28. The fraction of sp³-hybridized carbons (Fsp3) is 0.294. The number of benzene rings is 1. The Balaban J connectivity index is 1.97. The van der Waals surface area contributed by atoms with Crippen molar-refractivity contribution in [3.05, 3.63) is 60.2 Å². The van der Waals surface area contributed by atoms with E-state index in [0.29, 0.717) is 11.3 Å². The average Bonchev–Trinajstić information content (AvgIpc) is 2.57. The van der Waals surface area contributed by atoms with Gasteiger partial charge in [0.2, 0.25) is 0 Å². The summed E-state index contributed by atoms with van der Waals surface area (Å²) in [6.07, 6.45) is 4.88. The van der Waals surface area contributed by atoms with Crippen LogP contribution in [0.2, 0.25) is 0 Å². The molecule has 2 heterocycles. The molecule has 1 N–H and O–H groups in total. The molecule has 1 aliphatic rings. The number of nitrogens with zero attached hydrogens (tertiary/aromatic N) is 2. The molecule has 1 aromatic heterocycles. The minimum absolute atomic E-state index is 0.0655. The van der Waals surface area contributed by atoms with Crippen molar-refractivity contribution in [1.82, 2.24) is 10.3 Å². The van der Waals surface area contributed by atoms with Crippen LogP contribution >= 0.6 is 0 Å². The van der Waals surface area contributed by atoms with Crippen molar-refractivity contribution in [2.75, 3.05) is 18.0 Å². The number of hydrogen-bond donors (Lipinski definition) is 1. The van der Waals surface area contributed by atoms with E-state index in [1.807, 2.05) is 0 Å². The SMILES string of the molecule is O=C(c1cccnc1)N(c1cccc(F)c1)C1CCNCC1. The lowest BCUT2D eigenvalue weighted by Gasteiger charge is -2.34. The predicted molar refractivity (Wildman–Crippen MR) is 83.3 cm³/mol. The molecule has 0 atom stereocenters. The first kappa shape index (κ1) is 14.7. The van der Waals surface area contributed by atoms with Crippen LogP contribution in [0, 0.1) is 5.82 Å². The molecule has 0 spiro atoms. The van der Waals surface area contributed by atoms with E-state index in [-0.39, 0.29) is 17.8 Å². The highest BCUT2D eigenvalue weighted by atomic mass is 19.1. The van der Waals surface area contributed by atoms with E-state index >= 15 is 0 Å². The molecule has 1 aliphatic heterocycles. The quantitative estimate of drug-likeness (QED) is 0.947. The second-order valence-corrected chi connectivity index (χ2v) is 5.38. The Bertz CT molecular complexity index is 641. The van der Waals surface area contributed by atoms with Gasteiger partial charge in [0.1, 0.15) is 5.82 Å². The molecule has 0 radical (unpaired) electrons. The standard InChI is InChI=1S/C17H18FN3O/c18-14-4-1-5-16(11-14)21(15-6-9-19-10-7-15)17(22)13-3-2-8-20-12-13/h1-5,8,11-12,15,19H,6-7,9-10H2. The van der Waals surface area contributed by atoms with E-state index in [1.54, 1.807) is 41.6 Å². The van der Waals surface area contributed by atoms with E-state index in [2.05, 4.69) is 10.3 Å². The zero-order chi connectivity index (χ0) is 15.4. The van der Waals surface area contributed by atoms with Gasteiger partial charge < -0.3 is 10.2 Å². The molecule has 2 aromatic rings. The third-order valence-corrected chi connectivity index (χ3v) is 3.89. The van der Waals surface area contributed by atoms with Crippen molar-refractivity contribution in [3.8, 4) is 0 Å². The number of aromatic nitrogens is 1. The molecule has 0 aliphatic carbocycles. The van der Waals surface area contributed by atoms with Crippen LogP contribution in [-0.4, -0.2) is 30.0 Å². The van der Waals surface area contributed by atoms with Gasteiger partial charge in [-0.05, 0) is 56.3 Å². The summed E-state index contributed by atoms with van der Waals surface area (Å²) in [4.78, 5) is 18.6. The molecular formula is C17H18FN3O. The average molecular weight is 299 g/mol. The molecule has 1 fully saturated rings. The van der Waals surface area contributed by atoms with Gasteiger partial charge in [-0.25, -0.2) is 4.39 Å². The fourth-order valence-electron chi connectivity index (χ4n) is 2.81.